The molecule has 0 fully saturated rings. The van der Waals surface area contributed by atoms with E-state index in [1.54, 1.807) is 0 Å². The van der Waals surface area contributed by atoms with Gasteiger partial charge in [0.2, 0.25) is 0 Å². The van der Waals surface area contributed by atoms with Crippen LogP contribution in [0.4, 0.5) is 0 Å². The number of terminal acetylenes is 1. The molecule has 0 aliphatic carbocycles. The van der Waals surface area contributed by atoms with E-state index >= 15 is 0 Å². The molecule has 0 nitrogen and oxygen atoms in total. The molecule has 138 valence electrons. The summed E-state index contributed by atoms with van der Waals surface area (Å²) >= 11 is -1.61. The molecule has 0 aliphatic heterocycles. The molecule has 3 aromatic carbocycles. The fourth-order valence-electron chi connectivity index (χ4n) is 3.22. The van der Waals surface area contributed by atoms with Gasteiger partial charge < -0.3 is 0 Å². The average molecular weight is 542 g/mol. The summed E-state index contributed by atoms with van der Waals surface area (Å²) in [5, 5.41) is 2.22. The SMILES string of the molecule is C#[C][Au]([CH2]CCC)[PH](c1ccccc1)(c1ccccc1)c1ccccc1. The van der Waals surface area contributed by atoms with Gasteiger partial charge >= 0.3 is 165 Å². The first-order chi connectivity index (χ1) is 12.8. The molecule has 0 unspecified atom stereocenters. The molecule has 0 atom stereocenters. The fourth-order valence-corrected chi connectivity index (χ4v) is 23.7. The Kier molecular flexibility index (Phi) is 6.90. The monoisotopic (exact) mass is 542 g/mol. The zero-order valence-corrected chi connectivity index (χ0v) is 18.3. The van der Waals surface area contributed by atoms with E-state index in [-0.39, 0.29) is 0 Å². The van der Waals surface area contributed by atoms with Crippen LogP contribution in [-0.2, 0) is 17.9 Å². The van der Waals surface area contributed by atoms with Crippen LogP contribution >= 0.6 is 5.15 Å². The van der Waals surface area contributed by atoms with Crippen LogP contribution in [0, 0.1) is 10.6 Å². The number of unbranched alkanes of at least 4 members (excludes halogenated alkanes) is 1. The molecule has 0 saturated heterocycles. The molecule has 0 aliphatic rings. The van der Waals surface area contributed by atoms with Crippen molar-refractivity contribution in [1.29, 1.82) is 0 Å². The maximum absolute atomic E-state index is 6.26. The van der Waals surface area contributed by atoms with Crippen LogP contribution in [0.25, 0.3) is 0 Å². The predicted octanol–water partition coefficient (Wildman–Crippen LogP) is 5.06. The molecule has 0 radical (unpaired) electrons. The minimum absolute atomic E-state index is 1.20. The van der Waals surface area contributed by atoms with E-state index in [2.05, 4.69) is 102 Å². The summed E-state index contributed by atoms with van der Waals surface area (Å²) in [5.74, 6) is 0. The Morgan fingerprint density at radius 1 is 0.731 bits per heavy atom. The molecule has 0 amide bonds. The van der Waals surface area contributed by atoms with Crippen molar-refractivity contribution in [3.8, 4) is 10.6 Å². The zero-order chi connectivity index (χ0) is 18.2. The first kappa shape index (κ1) is 19.2. The molecule has 3 rings (SSSR count). The van der Waals surface area contributed by atoms with Gasteiger partial charge in [-0.15, -0.1) is 0 Å². The summed E-state index contributed by atoms with van der Waals surface area (Å²) in [7, 11) is 0. The van der Waals surface area contributed by atoms with Crippen LogP contribution in [0.15, 0.2) is 91.0 Å². The summed E-state index contributed by atoms with van der Waals surface area (Å²) in [6.45, 7) is 2.26. The van der Waals surface area contributed by atoms with Crippen LogP contribution in [0.3, 0.4) is 0 Å². The summed E-state index contributed by atoms with van der Waals surface area (Å²) in [5.41, 5.74) is 0. The van der Waals surface area contributed by atoms with E-state index in [1.807, 2.05) is 0 Å². The van der Waals surface area contributed by atoms with E-state index in [9.17, 15) is 0 Å². The van der Waals surface area contributed by atoms with E-state index < -0.39 is 23.1 Å². The van der Waals surface area contributed by atoms with E-state index in [1.165, 1.54) is 33.4 Å². The Hall–Kier alpha value is -1.61. The Balaban J connectivity index is 2.33. The molecular formula is C24H26AuP. The Morgan fingerprint density at radius 3 is 1.42 bits per heavy atom. The quantitative estimate of drug-likeness (QED) is 0.223. The van der Waals surface area contributed by atoms with Crippen molar-refractivity contribution >= 4 is 21.1 Å². The minimum atomic E-state index is -2.18. The summed E-state index contributed by atoms with van der Waals surface area (Å²) in [4.78, 5) is 0. The topological polar surface area (TPSA) is 0 Å². The number of hydrogen-bond acceptors (Lipinski definition) is 0. The van der Waals surface area contributed by atoms with Gasteiger partial charge in [-0.3, -0.25) is 0 Å². The molecule has 2 heteroatoms. The molecule has 0 aromatic heterocycles. The van der Waals surface area contributed by atoms with Crippen LogP contribution < -0.4 is 15.9 Å². The second-order valence-corrected chi connectivity index (χ2v) is 20.6. The number of rotatable bonds is 7. The van der Waals surface area contributed by atoms with E-state index in [0.29, 0.717) is 0 Å². The summed E-state index contributed by atoms with van der Waals surface area (Å²) < 4.78 is 4.60. The molecule has 0 saturated carbocycles. The van der Waals surface area contributed by atoms with E-state index in [0.717, 1.165) is 0 Å². The maximum atomic E-state index is 6.26. The Morgan fingerprint density at radius 2 is 1.12 bits per heavy atom. The van der Waals surface area contributed by atoms with Crippen molar-refractivity contribution in [2.75, 3.05) is 0 Å². The van der Waals surface area contributed by atoms with E-state index in [4.69, 9.17) is 6.42 Å². The molecule has 0 spiro atoms. The zero-order valence-electron chi connectivity index (χ0n) is 15.2. The van der Waals surface area contributed by atoms with Gasteiger partial charge in [-0.25, -0.2) is 0 Å². The third kappa shape index (κ3) is 3.73. The van der Waals surface area contributed by atoms with Crippen molar-refractivity contribution in [2.24, 2.45) is 0 Å². The van der Waals surface area contributed by atoms with Crippen molar-refractivity contribution < 1.29 is 17.9 Å². The van der Waals surface area contributed by atoms with Crippen LogP contribution in [0.1, 0.15) is 19.8 Å². The Labute approximate surface area is 164 Å². The third-order valence-corrected chi connectivity index (χ3v) is 24.3. The molecule has 0 N–H and O–H groups in total. The second-order valence-electron chi connectivity index (χ2n) is 6.08. The molecule has 0 bridgehead atoms. The molecular weight excluding hydrogens is 516 g/mol. The standard InChI is InChI=1S/C18H15P.C4H9.C2H.Au/c1-4-10-16(11-5-1)19(17-12-6-2-7-13-17)18-14-8-3-9-15-18;1-3-4-2;1-2;/h1-15H;1,3-4H2,2H3;1H;/q;;;-1/p+1. The van der Waals surface area contributed by atoms with Gasteiger partial charge in [0.1, 0.15) is 0 Å². The molecule has 0 heterocycles. The molecule has 3 aromatic rings. The first-order valence-electron chi connectivity index (χ1n) is 8.99. The third-order valence-electron chi connectivity index (χ3n) is 4.44. The van der Waals surface area contributed by atoms with Crippen molar-refractivity contribution in [1.82, 2.24) is 0 Å². The fraction of sp³-hybridized carbons (Fsp3) is 0.167. The average Bonchev–Trinajstić information content (AvgIpc) is 2.73. The van der Waals surface area contributed by atoms with Gasteiger partial charge in [0.25, 0.3) is 0 Å². The van der Waals surface area contributed by atoms with Crippen LogP contribution in [0.5, 0.6) is 0 Å². The summed E-state index contributed by atoms with van der Waals surface area (Å²) in [6, 6.07) is 33.3. The van der Waals surface area contributed by atoms with Gasteiger partial charge in [0.05, 0.1) is 0 Å². The van der Waals surface area contributed by atoms with Crippen molar-refractivity contribution in [2.45, 2.75) is 24.4 Å². The van der Waals surface area contributed by atoms with Gasteiger partial charge in [-0.1, -0.05) is 0 Å². The van der Waals surface area contributed by atoms with Crippen molar-refractivity contribution in [3.05, 3.63) is 91.0 Å². The number of hydrogen-bond donors (Lipinski definition) is 0. The predicted molar refractivity (Wildman–Crippen MR) is 115 cm³/mol. The van der Waals surface area contributed by atoms with Gasteiger partial charge in [0.15, 0.2) is 0 Å². The number of benzene rings is 3. The van der Waals surface area contributed by atoms with Crippen LogP contribution in [-0.4, -0.2) is 0 Å². The van der Waals surface area contributed by atoms with Crippen LogP contribution in [0.2, 0.25) is 4.64 Å². The second kappa shape index (κ2) is 9.36. The molecule has 26 heavy (non-hydrogen) atoms. The van der Waals surface area contributed by atoms with Crippen molar-refractivity contribution in [3.63, 3.8) is 0 Å². The van der Waals surface area contributed by atoms with Gasteiger partial charge in [-0.05, 0) is 0 Å². The first-order valence-corrected chi connectivity index (χ1v) is 16.7. The van der Waals surface area contributed by atoms with Gasteiger partial charge in [-0.2, -0.15) is 0 Å². The Bertz CT molecular complexity index is 741. The normalized spacial score (nSPS) is 12.2. The summed E-state index contributed by atoms with van der Waals surface area (Å²) in [6.07, 6.45) is 8.70. The van der Waals surface area contributed by atoms with Gasteiger partial charge in [0, 0.05) is 0 Å².